The minimum atomic E-state index is -0.823. The standard InChI is InChI=1S/C12H24O4S/c1-3-14-12(15-4-2)7-9-17(13)10-11-6-5-8-16-11/h11-12H,3-10H2,1-2H3. The summed E-state index contributed by atoms with van der Waals surface area (Å²) in [4.78, 5) is 0. The van der Waals surface area contributed by atoms with E-state index in [9.17, 15) is 4.21 Å². The van der Waals surface area contributed by atoms with Crippen LogP contribution in [0.1, 0.15) is 33.1 Å². The zero-order valence-corrected chi connectivity index (χ0v) is 11.7. The normalized spacial score (nSPS) is 22.2. The summed E-state index contributed by atoms with van der Waals surface area (Å²) < 4.78 is 28.1. The Bertz CT molecular complexity index is 211. The van der Waals surface area contributed by atoms with Gasteiger partial charge in [0, 0.05) is 48.5 Å². The molecule has 17 heavy (non-hydrogen) atoms. The lowest BCUT2D eigenvalue weighted by Crippen LogP contribution is -2.23. The van der Waals surface area contributed by atoms with Crippen LogP contribution in [0.25, 0.3) is 0 Å². The molecule has 1 heterocycles. The van der Waals surface area contributed by atoms with Crippen LogP contribution in [0.15, 0.2) is 0 Å². The number of ether oxygens (including phenoxy) is 3. The Morgan fingerprint density at radius 3 is 2.59 bits per heavy atom. The summed E-state index contributed by atoms with van der Waals surface area (Å²) in [5.41, 5.74) is 0. The molecule has 1 rings (SSSR count). The van der Waals surface area contributed by atoms with Crippen molar-refractivity contribution >= 4 is 10.8 Å². The third-order valence-corrected chi connectivity index (χ3v) is 4.12. The van der Waals surface area contributed by atoms with Crippen LogP contribution in [0.2, 0.25) is 0 Å². The molecule has 4 nitrogen and oxygen atoms in total. The van der Waals surface area contributed by atoms with Gasteiger partial charge < -0.3 is 14.2 Å². The predicted molar refractivity (Wildman–Crippen MR) is 68.5 cm³/mol. The minimum absolute atomic E-state index is 0.202. The first kappa shape index (κ1) is 15.1. The van der Waals surface area contributed by atoms with Crippen LogP contribution in [0.4, 0.5) is 0 Å². The fraction of sp³-hybridized carbons (Fsp3) is 1.00. The third-order valence-electron chi connectivity index (χ3n) is 2.68. The van der Waals surface area contributed by atoms with E-state index >= 15 is 0 Å². The first-order chi connectivity index (χ1) is 8.26. The molecule has 2 unspecified atom stereocenters. The summed E-state index contributed by atoms with van der Waals surface area (Å²) in [6.45, 7) is 5.96. The largest absolute Gasteiger partial charge is 0.377 e. The van der Waals surface area contributed by atoms with Crippen LogP contribution in [0, 0.1) is 0 Å². The SMILES string of the molecule is CCOC(CCS(=O)CC1CCCO1)OCC. The topological polar surface area (TPSA) is 44.8 Å². The van der Waals surface area contributed by atoms with Crippen molar-refractivity contribution in [3.8, 4) is 0 Å². The van der Waals surface area contributed by atoms with E-state index in [0.29, 0.717) is 31.1 Å². The Kier molecular flexibility index (Phi) is 8.01. The van der Waals surface area contributed by atoms with Crippen molar-refractivity contribution in [2.75, 3.05) is 31.3 Å². The second kappa shape index (κ2) is 9.03. The molecule has 0 N–H and O–H groups in total. The Hall–Kier alpha value is 0.0300. The average molecular weight is 264 g/mol. The molecule has 0 spiro atoms. The van der Waals surface area contributed by atoms with Gasteiger partial charge in [0.1, 0.15) is 0 Å². The van der Waals surface area contributed by atoms with Gasteiger partial charge in [-0.15, -0.1) is 0 Å². The molecule has 1 saturated heterocycles. The van der Waals surface area contributed by atoms with E-state index in [-0.39, 0.29) is 12.4 Å². The van der Waals surface area contributed by atoms with Gasteiger partial charge in [-0.05, 0) is 26.7 Å². The molecule has 5 heteroatoms. The highest BCUT2D eigenvalue weighted by Gasteiger charge is 2.19. The summed E-state index contributed by atoms with van der Waals surface area (Å²) in [6.07, 6.45) is 2.84. The maximum Gasteiger partial charge on any atom is 0.158 e. The molecule has 0 radical (unpaired) electrons. The molecule has 1 aliphatic rings. The molecule has 1 fully saturated rings. The highest BCUT2D eigenvalue weighted by atomic mass is 32.2. The Balaban J connectivity index is 2.15. The molecule has 0 bridgehead atoms. The molecule has 2 atom stereocenters. The van der Waals surface area contributed by atoms with Crippen LogP contribution < -0.4 is 0 Å². The zero-order valence-electron chi connectivity index (χ0n) is 10.9. The Morgan fingerprint density at radius 2 is 2.06 bits per heavy atom. The smallest absolute Gasteiger partial charge is 0.158 e. The summed E-state index contributed by atoms with van der Waals surface area (Å²) in [5, 5.41) is 0. The van der Waals surface area contributed by atoms with Crippen molar-refractivity contribution < 1.29 is 18.4 Å². The predicted octanol–water partition coefficient (Wildman–Crippen LogP) is 1.70. The fourth-order valence-electron chi connectivity index (χ4n) is 1.88. The van der Waals surface area contributed by atoms with Gasteiger partial charge >= 0.3 is 0 Å². The van der Waals surface area contributed by atoms with Gasteiger partial charge in [-0.25, -0.2) is 0 Å². The quantitative estimate of drug-likeness (QED) is 0.595. The zero-order chi connectivity index (χ0) is 12.5. The second-order valence-electron chi connectivity index (χ2n) is 4.07. The van der Waals surface area contributed by atoms with Crippen LogP contribution in [-0.4, -0.2) is 47.9 Å². The van der Waals surface area contributed by atoms with Gasteiger partial charge in [0.15, 0.2) is 6.29 Å². The molecule has 0 aromatic rings. The van der Waals surface area contributed by atoms with Gasteiger partial charge in [-0.1, -0.05) is 0 Å². The van der Waals surface area contributed by atoms with Crippen molar-refractivity contribution in [1.29, 1.82) is 0 Å². The molecule has 0 saturated carbocycles. The number of hydrogen-bond acceptors (Lipinski definition) is 4. The van der Waals surface area contributed by atoms with Gasteiger partial charge in [0.25, 0.3) is 0 Å². The maximum absolute atomic E-state index is 11.8. The van der Waals surface area contributed by atoms with E-state index in [4.69, 9.17) is 14.2 Å². The molecule has 0 aromatic carbocycles. The van der Waals surface area contributed by atoms with E-state index in [1.165, 1.54) is 0 Å². The maximum atomic E-state index is 11.8. The summed E-state index contributed by atoms with van der Waals surface area (Å²) in [7, 11) is -0.823. The Morgan fingerprint density at radius 1 is 1.35 bits per heavy atom. The van der Waals surface area contributed by atoms with Crippen LogP contribution >= 0.6 is 0 Å². The lowest BCUT2D eigenvalue weighted by Gasteiger charge is -2.17. The highest BCUT2D eigenvalue weighted by Crippen LogP contribution is 2.13. The summed E-state index contributed by atoms with van der Waals surface area (Å²) in [5.74, 6) is 1.29. The lowest BCUT2D eigenvalue weighted by molar-refractivity contribution is -0.136. The van der Waals surface area contributed by atoms with Crippen molar-refractivity contribution in [3.63, 3.8) is 0 Å². The molecular formula is C12H24O4S. The van der Waals surface area contributed by atoms with Crippen molar-refractivity contribution in [2.24, 2.45) is 0 Å². The van der Waals surface area contributed by atoms with Gasteiger partial charge in [0.05, 0.1) is 6.10 Å². The molecule has 0 aliphatic carbocycles. The van der Waals surface area contributed by atoms with Gasteiger partial charge in [-0.2, -0.15) is 0 Å². The van der Waals surface area contributed by atoms with Crippen LogP contribution in [-0.2, 0) is 25.0 Å². The van der Waals surface area contributed by atoms with Crippen molar-refractivity contribution in [2.45, 2.75) is 45.5 Å². The van der Waals surface area contributed by atoms with E-state index in [1.807, 2.05) is 13.8 Å². The van der Waals surface area contributed by atoms with Crippen LogP contribution in [0.5, 0.6) is 0 Å². The first-order valence-electron chi connectivity index (χ1n) is 6.46. The van der Waals surface area contributed by atoms with Gasteiger partial charge in [0.2, 0.25) is 0 Å². The minimum Gasteiger partial charge on any atom is -0.377 e. The molecule has 102 valence electrons. The van der Waals surface area contributed by atoms with Crippen molar-refractivity contribution in [3.05, 3.63) is 0 Å². The van der Waals surface area contributed by atoms with Gasteiger partial charge in [-0.3, -0.25) is 4.21 Å². The van der Waals surface area contributed by atoms with E-state index in [0.717, 1.165) is 19.4 Å². The average Bonchev–Trinajstić information content (AvgIpc) is 2.79. The number of rotatable bonds is 9. The third kappa shape index (κ3) is 6.50. The lowest BCUT2D eigenvalue weighted by atomic mass is 10.3. The number of hydrogen-bond donors (Lipinski definition) is 0. The van der Waals surface area contributed by atoms with E-state index < -0.39 is 10.8 Å². The Labute approximate surface area is 106 Å². The summed E-state index contributed by atoms with van der Waals surface area (Å²) in [6, 6.07) is 0. The second-order valence-corrected chi connectivity index (χ2v) is 5.70. The fourth-order valence-corrected chi connectivity index (χ4v) is 3.18. The van der Waals surface area contributed by atoms with Crippen LogP contribution in [0.3, 0.4) is 0 Å². The van der Waals surface area contributed by atoms with Crippen molar-refractivity contribution in [1.82, 2.24) is 0 Å². The molecule has 1 aliphatic heterocycles. The molecule has 0 aromatic heterocycles. The summed E-state index contributed by atoms with van der Waals surface area (Å²) >= 11 is 0. The molecule has 0 amide bonds. The monoisotopic (exact) mass is 264 g/mol. The molecular weight excluding hydrogens is 240 g/mol. The highest BCUT2D eigenvalue weighted by molar-refractivity contribution is 7.85. The van der Waals surface area contributed by atoms with E-state index in [2.05, 4.69) is 0 Å². The van der Waals surface area contributed by atoms with E-state index in [1.54, 1.807) is 0 Å². The first-order valence-corrected chi connectivity index (χ1v) is 7.94.